The van der Waals surface area contributed by atoms with Gasteiger partial charge in [-0.25, -0.2) is 0 Å². The van der Waals surface area contributed by atoms with Crippen LogP contribution in [0.5, 0.6) is 5.75 Å². The number of rotatable bonds is 2. The van der Waals surface area contributed by atoms with Gasteiger partial charge in [0.05, 0.1) is 0 Å². The molecule has 0 saturated carbocycles. The first kappa shape index (κ1) is 12.8. The zero-order valence-corrected chi connectivity index (χ0v) is 12.1. The van der Waals surface area contributed by atoms with E-state index in [0.717, 1.165) is 23.2 Å². The number of hydrogen-bond donors (Lipinski definition) is 2. The van der Waals surface area contributed by atoms with E-state index in [4.69, 9.17) is 0 Å². The van der Waals surface area contributed by atoms with Crippen LogP contribution in [-0.4, -0.2) is 35.2 Å². The maximum Gasteiger partial charge on any atom is 0.118 e. The smallest absolute Gasteiger partial charge is 0.118 e. The van der Waals surface area contributed by atoms with Crippen LogP contribution in [0.4, 0.5) is 5.69 Å². The third kappa shape index (κ3) is 2.32. The molecule has 0 aliphatic carbocycles. The summed E-state index contributed by atoms with van der Waals surface area (Å²) in [6, 6.07) is 6.03. The number of fused-ring (bicyclic) bond motifs is 2. The number of nitrogens with zero attached hydrogens (tertiary/aromatic N) is 1. The molecule has 1 aromatic rings. The summed E-state index contributed by atoms with van der Waals surface area (Å²) >= 11 is 0. The number of aryl methyl sites for hydroxylation is 2. The third-order valence-corrected chi connectivity index (χ3v) is 5.00. The summed E-state index contributed by atoms with van der Waals surface area (Å²) in [5, 5.41) is 13.4. The number of nitrogens with one attached hydrogen (secondary N) is 1. The van der Waals surface area contributed by atoms with Crippen molar-refractivity contribution in [3.8, 4) is 5.75 Å². The van der Waals surface area contributed by atoms with E-state index in [0.29, 0.717) is 11.8 Å². The highest BCUT2D eigenvalue weighted by atomic mass is 16.3. The molecule has 0 amide bonds. The minimum absolute atomic E-state index is 0.395. The summed E-state index contributed by atoms with van der Waals surface area (Å²) in [6.07, 6.45) is 5.19. The molecular formula is C16H24N2O. The fourth-order valence-electron chi connectivity index (χ4n) is 3.71. The molecule has 1 aromatic carbocycles. The summed E-state index contributed by atoms with van der Waals surface area (Å²) in [7, 11) is 2.27. The Kier molecular flexibility index (Phi) is 3.17. The van der Waals surface area contributed by atoms with E-state index in [9.17, 15) is 5.11 Å². The second-order valence-corrected chi connectivity index (χ2v) is 6.32. The molecule has 2 unspecified atom stereocenters. The Labute approximate surface area is 115 Å². The molecule has 3 nitrogen and oxygen atoms in total. The van der Waals surface area contributed by atoms with Crippen LogP contribution in [0.25, 0.3) is 0 Å². The Bertz CT molecular complexity index is 472. The van der Waals surface area contributed by atoms with Crippen molar-refractivity contribution in [3.63, 3.8) is 0 Å². The Morgan fingerprint density at radius 2 is 1.74 bits per heavy atom. The summed E-state index contributed by atoms with van der Waals surface area (Å²) in [4.78, 5) is 2.56. The lowest BCUT2D eigenvalue weighted by molar-refractivity contribution is 0.169. The van der Waals surface area contributed by atoms with E-state index in [1.165, 1.54) is 31.4 Å². The monoisotopic (exact) mass is 260 g/mol. The summed E-state index contributed by atoms with van der Waals surface area (Å²) in [5.74, 6) is 0.395. The van der Waals surface area contributed by atoms with Crippen LogP contribution in [0.1, 0.15) is 36.8 Å². The van der Waals surface area contributed by atoms with E-state index < -0.39 is 0 Å². The Morgan fingerprint density at radius 3 is 2.37 bits per heavy atom. The molecule has 3 heteroatoms. The van der Waals surface area contributed by atoms with Crippen molar-refractivity contribution < 1.29 is 5.11 Å². The van der Waals surface area contributed by atoms with E-state index in [1.807, 2.05) is 13.0 Å². The molecule has 2 bridgehead atoms. The van der Waals surface area contributed by atoms with Gasteiger partial charge in [0, 0.05) is 23.8 Å². The van der Waals surface area contributed by atoms with Crippen LogP contribution < -0.4 is 5.32 Å². The Balaban J connectivity index is 1.74. The van der Waals surface area contributed by atoms with Gasteiger partial charge < -0.3 is 15.3 Å². The van der Waals surface area contributed by atoms with Crippen LogP contribution in [0.3, 0.4) is 0 Å². The molecule has 104 valence electrons. The zero-order chi connectivity index (χ0) is 13.6. The highest BCUT2D eigenvalue weighted by molar-refractivity contribution is 5.57. The number of phenols is 1. The summed E-state index contributed by atoms with van der Waals surface area (Å²) in [6.45, 7) is 4.02. The van der Waals surface area contributed by atoms with E-state index in [2.05, 4.69) is 30.3 Å². The van der Waals surface area contributed by atoms with Gasteiger partial charge in [-0.3, -0.25) is 0 Å². The normalized spacial score (nSPS) is 30.6. The quantitative estimate of drug-likeness (QED) is 0.802. The molecule has 2 aliphatic heterocycles. The molecule has 0 radical (unpaired) electrons. The predicted octanol–water partition coefficient (Wildman–Crippen LogP) is 3.05. The van der Waals surface area contributed by atoms with Crippen LogP contribution in [0, 0.1) is 13.8 Å². The first-order valence-corrected chi connectivity index (χ1v) is 7.33. The van der Waals surface area contributed by atoms with Crippen molar-refractivity contribution in [3.05, 3.63) is 23.3 Å². The minimum Gasteiger partial charge on any atom is -0.508 e. The van der Waals surface area contributed by atoms with Gasteiger partial charge in [-0.05, 0) is 69.8 Å². The van der Waals surface area contributed by atoms with E-state index in [1.54, 1.807) is 0 Å². The molecule has 0 spiro atoms. The predicted molar refractivity (Wildman–Crippen MR) is 78.8 cm³/mol. The molecule has 2 heterocycles. The maximum atomic E-state index is 9.72. The van der Waals surface area contributed by atoms with Crippen molar-refractivity contribution in [1.29, 1.82) is 0 Å². The van der Waals surface area contributed by atoms with Gasteiger partial charge in [0.1, 0.15) is 5.75 Å². The molecule has 2 atom stereocenters. The highest BCUT2D eigenvalue weighted by Gasteiger charge is 2.38. The van der Waals surface area contributed by atoms with E-state index >= 15 is 0 Å². The molecule has 2 N–H and O–H groups in total. The number of anilines is 1. The second kappa shape index (κ2) is 4.71. The largest absolute Gasteiger partial charge is 0.508 e. The molecule has 19 heavy (non-hydrogen) atoms. The van der Waals surface area contributed by atoms with Gasteiger partial charge in [-0.2, -0.15) is 0 Å². The number of benzene rings is 1. The van der Waals surface area contributed by atoms with Crippen molar-refractivity contribution in [1.82, 2.24) is 4.90 Å². The highest BCUT2D eigenvalue weighted by Crippen LogP contribution is 2.36. The summed E-state index contributed by atoms with van der Waals surface area (Å²) in [5.41, 5.74) is 3.27. The van der Waals surface area contributed by atoms with E-state index in [-0.39, 0.29) is 0 Å². The molecule has 0 aromatic heterocycles. The van der Waals surface area contributed by atoms with Gasteiger partial charge in [0.2, 0.25) is 0 Å². The first-order valence-electron chi connectivity index (χ1n) is 7.33. The van der Waals surface area contributed by atoms with Gasteiger partial charge in [0.15, 0.2) is 0 Å². The first-order chi connectivity index (χ1) is 9.04. The lowest BCUT2D eigenvalue weighted by Gasteiger charge is -2.37. The Morgan fingerprint density at radius 1 is 1.11 bits per heavy atom. The van der Waals surface area contributed by atoms with Crippen molar-refractivity contribution in [2.24, 2.45) is 0 Å². The van der Waals surface area contributed by atoms with Crippen molar-refractivity contribution in [2.75, 3.05) is 12.4 Å². The third-order valence-electron chi connectivity index (χ3n) is 5.00. The van der Waals surface area contributed by atoms with Gasteiger partial charge in [0.25, 0.3) is 0 Å². The number of hydrogen-bond acceptors (Lipinski definition) is 3. The molecule has 3 rings (SSSR count). The number of phenolic OH excluding ortho intramolecular Hbond substituents is 1. The second-order valence-electron chi connectivity index (χ2n) is 6.32. The SMILES string of the molecule is Cc1cc(NC2CC3CCC(C2)N3C)c(C)cc1O. The fourth-order valence-corrected chi connectivity index (χ4v) is 3.71. The topological polar surface area (TPSA) is 35.5 Å². The molecule has 2 fully saturated rings. The lowest BCUT2D eigenvalue weighted by Crippen LogP contribution is -2.44. The zero-order valence-electron chi connectivity index (χ0n) is 12.1. The summed E-state index contributed by atoms with van der Waals surface area (Å²) < 4.78 is 0. The molecule has 2 saturated heterocycles. The maximum absolute atomic E-state index is 9.72. The van der Waals surface area contributed by atoms with Gasteiger partial charge in [-0.15, -0.1) is 0 Å². The standard InChI is InChI=1S/C16H24N2O/c1-10-7-16(19)11(2)6-15(10)17-12-8-13-4-5-14(9-12)18(13)3/h6-7,12-14,17,19H,4-5,8-9H2,1-3H3. The molecule has 2 aliphatic rings. The van der Waals surface area contributed by atoms with Gasteiger partial charge >= 0.3 is 0 Å². The minimum atomic E-state index is 0.395. The Hall–Kier alpha value is -1.22. The fraction of sp³-hybridized carbons (Fsp3) is 0.625. The molecular weight excluding hydrogens is 236 g/mol. The van der Waals surface area contributed by atoms with Crippen LogP contribution in [0.2, 0.25) is 0 Å². The number of aromatic hydroxyl groups is 1. The van der Waals surface area contributed by atoms with Crippen molar-refractivity contribution in [2.45, 2.75) is 57.7 Å². The van der Waals surface area contributed by atoms with Crippen molar-refractivity contribution >= 4 is 5.69 Å². The number of piperidine rings is 1. The average Bonchev–Trinajstić information content (AvgIpc) is 2.60. The van der Waals surface area contributed by atoms with Crippen LogP contribution in [0.15, 0.2) is 12.1 Å². The van der Waals surface area contributed by atoms with Crippen LogP contribution >= 0.6 is 0 Å². The van der Waals surface area contributed by atoms with Crippen LogP contribution in [-0.2, 0) is 0 Å². The lowest BCUT2D eigenvalue weighted by atomic mass is 9.97. The average molecular weight is 260 g/mol. The van der Waals surface area contributed by atoms with Gasteiger partial charge in [-0.1, -0.05) is 0 Å².